The fourth-order valence-electron chi connectivity index (χ4n) is 3.18. The molecule has 0 unspecified atom stereocenters. The van der Waals surface area contributed by atoms with Crippen molar-refractivity contribution in [3.63, 3.8) is 0 Å². The minimum absolute atomic E-state index is 0.652. The first kappa shape index (κ1) is 15.4. The summed E-state index contributed by atoms with van der Waals surface area (Å²) in [5.41, 5.74) is 0.996. The Morgan fingerprint density at radius 2 is 2.09 bits per heavy atom. The van der Waals surface area contributed by atoms with Crippen LogP contribution >= 0.6 is 12.2 Å². The molecule has 118 valence electrons. The lowest BCUT2D eigenvalue weighted by Crippen LogP contribution is -2.35. The van der Waals surface area contributed by atoms with Crippen LogP contribution in [0.15, 0.2) is 24.5 Å². The molecule has 0 amide bonds. The second kappa shape index (κ2) is 6.71. The lowest BCUT2D eigenvalue weighted by Gasteiger charge is -2.30. The van der Waals surface area contributed by atoms with Gasteiger partial charge in [0.25, 0.3) is 0 Å². The lowest BCUT2D eigenvalue weighted by atomic mass is 9.95. The third kappa shape index (κ3) is 3.13. The first-order valence-electron chi connectivity index (χ1n) is 7.91. The Hall–Kier alpha value is -1.53. The van der Waals surface area contributed by atoms with Crippen LogP contribution in [0.1, 0.15) is 32.1 Å². The van der Waals surface area contributed by atoms with Crippen molar-refractivity contribution in [2.45, 2.75) is 44.8 Å². The van der Waals surface area contributed by atoms with Crippen LogP contribution in [-0.2, 0) is 13.7 Å². The number of pyridine rings is 1. The second-order valence-corrected chi connectivity index (χ2v) is 6.46. The third-order valence-electron chi connectivity index (χ3n) is 4.52. The predicted octanol–water partition coefficient (Wildman–Crippen LogP) is 3.24. The molecule has 1 aliphatic rings. The molecule has 1 aliphatic carbocycles. The molecule has 2 aromatic heterocycles. The maximum absolute atomic E-state index is 5.55. The van der Waals surface area contributed by atoms with Gasteiger partial charge < -0.3 is 4.57 Å². The molecule has 0 aliphatic heterocycles. The highest BCUT2D eigenvalue weighted by molar-refractivity contribution is 7.71. The Morgan fingerprint density at radius 1 is 1.32 bits per heavy atom. The zero-order valence-corrected chi connectivity index (χ0v) is 14.1. The zero-order valence-electron chi connectivity index (χ0n) is 13.3. The smallest absolute Gasteiger partial charge is 0.199 e. The highest BCUT2D eigenvalue weighted by atomic mass is 32.1. The van der Waals surface area contributed by atoms with Gasteiger partial charge in [0.15, 0.2) is 10.6 Å². The Labute approximate surface area is 136 Å². The number of hydrogen-bond acceptors (Lipinski definition) is 4. The summed E-state index contributed by atoms with van der Waals surface area (Å²) in [4.78, 5) is 6.55. The van der Waals surface area contributed by atoms with Gasteiger partial charge >= 0.3 is 0 Å². The normalized spacial score (nSPS) is 16.3. The van der Waals surface area contributed by atoms with E-state index in [1.54, 1.807) is 6.20 Å². The van der Waals surface area contributed by atoms with Gasteiger partial charge in [0, 0.05) is 31.0 Å². The van der Waals surface area contributed by atoms with E-state index in [1.165, 1.54) is 32.1 Å². The van der Waals surface area contributed by atoms with Crippen molar-refractivity contribution in [2.75, 3.05) is 7.05 Å². The molecule has 22 heavy (non-hydrogen) atoms. The van der Waals surface area contributed by atoms with Crippen molar-refractivity contribution >= 4 is 12.2 Å². The van der Waals surface area contributed by atoms with E-state index in [9.17, 15) is 0 Å². The minimum Gasteiger partial charge on any atom is -0.303 e. The first-order valence-corrected chi connectivity index (χ1v) is 8.32. The minimum atomic E-state index is 0.652. The Bertz CT molecular complexity index is 670. The molecule has 1 fully saturated rings. The van der Waals surface area contributed by atoms with Crippen LogP contribution in [0.5, 0.6) is 0 Å². The monoisotopic (exact) mass is 317 g/mol. The molecule has 5 nitrogen and oxygen atoms in total. The van der Waals surface area contributed by atoms with Gasteiger partial charge in [0.05, 0.1) is 6.67 Å². The molecular weight excluding hydrogens is 294 g/mol. The molecule has 0 saturated heterocycles. The third-order valence-corrected chi connectivity index (χ3v) is 5.00. The maximum atomic E-state index is 5.55. The van der Waals surface area contributed by atoms with Crippen molar-refractivity contribution < 1.29 is 0 Å². The van der Waals surface area contributed by atoms with E-state index in [-0.39, 0.29) is 0 Å². The molecule has 0 N–H and O–H groups in total. The lowest BCUT2D eigenvalue weighted by molar-refractivity contribution is 0.145. The van der Waals surface area contributed by atoms with Crippen molar-refractivity contribution in [3.05, 3.63) is 29.3 Å². The Kier molecular flexibility index (Phi) is 4.69. The number of rotatable bonds is 4. The molecule has 0 atom stereocenters. The number of aromatic nitrogens is 4. The topological polar surface area (TPSA) is 38.9 Å². The fraction of sp³-hybridized carbons (Fsp3) is 0.562. The quantitative estimate of drug-likeness (QED) is 0.812. The van der Waals surface area contributed by atoms with Crippen LogP contribution in [0.3, 0.4) is 0 Å². The van der Waals surface area contributed by atoms with Crippen molar-refractivity contribution in [1.82, 2.24) is 24.2 Å². The van der Waals surface area contributed by atoms with Gasteiger partial charge in [0.1, 0.15) is 0 Å². The molecule has 1 saturated carbocycles. The molecule has 2 aromatic rings. The van der Waals surface area contributed by atoms with Crippen LogP contribution < -0.4 is 0 Å². The van der Waals surface area contributed by atoms with E-state index in [4.69, 9.17) is 17.3 Å². The summed E-state index contributed by atoms with van der Waals surface area (Å²) in [5, 5.41) is 4.71. The van der Waals surface area contributed by atoms with Crippen molar-refractivity contribution in [2.24, 2.45) is 7.05 Å². The second-order valence-electron chi connectivity index (χ2n) is 6.10. The van der Waals surface area contributed by atoms with E-state index in [0.717, 1.165) is 22.8 Å². The molecular formula is C16H23N5S. The molecule has 2 heterocycles. The SMILES string of the molecule is CN(Cn1nc(-c2cccnc2)n(C)c1=S)C1CCCCC1. The average molecular weight is 317 g/mol. The molecule has 0 radical (unpaired) electrons. The van der Waals surface area contributed by atoms with E-state index in [1.807, 2.05) is 34.6 Å². The standard InChI is InChI=1S/C16H23N5S/c1-19(14-8-4-3-5-9-14)12-21-16(22)20(2)15(18-21)13-7-6-10-17-11-13/h6-7,10-11,14H,3-5,8-9,12H2,1-2H3. The molecule has 3 rings (SSSR count). The summed E-state index contributed by atoms with van der Waals surface area (Å²) in [6, 6.07) is 4.59. The highest BCUT2D eigenvalue weighted by Crippen LogP contribution is 2.22. The van der Waals surface area contributed by atoms with Crippen molar-refractivity contribution in [1.29, 1.82) is 0 Å². The summed E-state index contributed by atoms with van der Waals surface area (Å²) in [7, 11) is 4.14. The first-order chi connectivity index (χ1) is 10.7. The molecule has 6 heteroatoms. The van der Waals surface area contributed by atoms with Gasteiger partial charge in [-0.05, 0) is 44.2 Å². The molecule has 0 bridgehead atoms. The number of nitrogens with zero attached hydrogens (tertiary/aromatic N) is 5. The van der Waals surface area contributed by atoms with Gasteiger partial charge in [-0.3, -0.25) is 9.88 Å². The molecule has 0 aromatic carbocycles. The van der Waals surface area contributed by atoms with Crippen LogP contribution in [0.4, 0.5) is 0 Å². The van der Waals surface area contributed by atoms with Gasteiger partial charge in [-0.15, -0.1) is 0 Å². The predicted molar refractivity (Wildman–Crippen MR) is 89.9 cm³/mol. The van der Waals surface area contributed by atoms with Gasteiger partial charge in [-0.2, -0.15) is 5.10 Å². The summed E-state index contributed by atoms with van der Waals surface area (Å²) >= 11 is 5.55. The van der Waals surface area contributed by atoms with E-state index < -0.39 is 0 Å². The Morgan fingerprint density at radius 3 is 2.77 bits per heavy atom. The zero-order chi connectivity index (χ0) is 15.5. The summed E-state index contributed by atoms with van der Waals surface area (Å²) in [5.74, 6) is 0.871. The Balaban J connectivity index is 1.81. The van der Waals surface area contributed by atoms with Crippen LogP contribution in [0, 0.1) is 4.77 Å². The van der Waals surface area contributed by atoms with Gasteiger partial charge in [-0.25, -0.2) is 4.68 Å². The highest BCUT2D eigenvalue weighted by Gasteiger charge is 2.19. The number of hydrogen-bond donors (Lipinski definition) is 0. The van der Waals surface area contributed by atoms with E-state index >= 15 is 0 Å². The van der Waals surface area contributed by atoms with Crippen LogP contribution in [0.2, 0.25) is 0 Å². The molecule has 0 spiro atoms. The summed E-state index contributed by atoms with van der Waals surface area (Å²) in [6.45, 7) is 0.748. The van der Waals surface area contributed by atoms with Gasteiger partial charge in [-0.1, -0.05) is 19.3 Å². The fourth-order valence-corrected chi connectivity index (χ4v) is 3.36. The van der Waals surface area contributed by atoms with Crippen molar-refractivity contribution in [3.8, 4) is 11.4 Å². The van der Waals surface area contributed by atoms with Gasteiger partial charge in [0.2, 0.25) is 0 Å². The summed E-state index contributed by atoms with van der Waals surface area (Å²) < 4.78 is 4.63. The van der Waals surface area contributed by atoms with Crippen LogP contribution in [0.25, 0.3) is 11.4 Å². The van der Waals surface area contributed by atoms with Crippen LogP contribution in [-0.4, -0.2) is 37.3 Å². The van der Waals surface area contributed by atoms with E-state index in [2.05, 4.69) is 16.9 Å². The van der Waals surface area contributed by atoms with E-state index in [0.29, 0.717) is 6.04 Å². The maximum Gasteiger partial charge on any atom is 0.199 e. The summed E-state index contributed by atoms with van der Waals surface area (Å²) in [6.07, 6.45) is 10.2. The largest absolute Gasteiger partial charge is 0.303 e. The average Bonchev–Trinajstić information content (AvgIpc) is 2.85.